The van der Waals surface area contributed by atoms with Crippen molar-refractivity contribution in [3.8, 4) is 17.2 Å². The number of rotatable bonds is 4. The Hall–Kier alpha value is -4.12. The van der Waals surface area contributed by atoms with E-state index in [4.69, 9.17) is 9.90 Å². The topological polar surface area (TPSA) is 94.1 Å². The predicted molar refractivity (Wildman–Crippen MR) is 118 cm³/mol. The lowest BCUT2D eigenvalue weighted by Crippen LogP contribution is -2.40. The summed E-state index contributed by atoms with van der Waals surface area (Å²) in [6, 6.07) is 19.6. The van der Waals surface area contributed by atoms with Crippen LogP contribution in [-0.4, -0.2) is 49.3 Å². The average molecular weight is 471 g/mol. The molecule has 2 aromatic carbocycles. The van der Waals surface area contributed by atoms with Crippen molar-refractivity contribution >= 4 is 5.97 Å². The molecule has 0 unspecified atom stereocenters. The number of imidazole rings is 1. The van der Waals surface area contributed by atoms with E-state index in [1.165, 1.54) is 0 Å². The van der Waals surface area contributed by atoms with Crippen LogP contribution in [0, 0.1) is 0 Å². The third-order valence-electron chi connectivity index (χ3n) is 5.28. The second-order valence-corrected chi connectivity index (χ2v) is 7.49. The molecule has 0 amide bonds. The van der Waals surface area contributed by atoms with Gasteiger partial charge in [-0.1, -0.05) is 36.4 Å². The highest BCUT2D eigenvalue weighted by atomic mass is 19.4. The van der Waals surface area contributed by atoms with Gasteiger partial charge in [0.15, 0.2) is 0 Å². The van der Waals surface area contributed by atoms with E-state index in [9.17, 15) is 18.0 Å². The fraction of sp³-hybridized carbons (Fsp3) is 0.174. The molecule has 3 heterocycles. The fourth-order valence-electron chi connectivity index (χ4n) is 3.47. The summed E-state index contributed by atoms with van der Waals surface area (Å²) in [5, 5.41) is 15.0. The summed E-state index contributed by atoms with van der Waals surface area (Å²) in [7, 11) is 0. The Morgan fingerprint density at radius 1 is 0.941 bits per heavy atom. The molecule has 0 spiro atoms. The molecule has 1 saturated heterocycles. The minimum Gasteiger partial charge on any atom is -0.475 e. The third kappa shape index (κ3) is 4.64. The maximum Gasteiger partial charge on any atom is 0.490 e. The zero-order chi connectivity index (χ0) is 24.3. The van der Waals surface area contributed by atoms with Gasteiger partial charge in [0.25, 0.3) is 0 Å². The van der Waals surface area contributed by atoms with E-state index in [1.807, 2.05) is 83.9 Å². The summed E-state index contributed by atoms with van der Waals surface area (Å²) in [5.41, 5.74) is 2.77. The van der Waals surface area contributed by atoms with Crippen LogP contribution in [0.5, 0.6) is 0 Å². The number of nitrogens with one attached hydrogen (secondary N) is 1. The zero-order valence-corrected chi connectivity index (χ0v) is 17.7. The minimum atomic E-state index is -5.08. The lowest BCUT2D eigenvalue weighted by atomic mass is 9.96. The number of hydrogen-bond donors (Lipinski definition) is 2. The SMILES string of the molecule is O=C(O)C(F)(F)F.O=c1n(-c2ccccc2)ccn1-c1c(C2CNC2)cnn1-c1ccccc1. The van der Waals surface area contributed by atoms with Crippen LogP contribution in [0.25, 0.3) is 17.2 Å². The average Bonchev–Trinajstić information content (AvgIpc) is 3.37. The van der Waals surface area contributed by atoms with Crippen LogP contribution in [0.15, 0.2) is 84.0 Å². The van der Waals surface area contributed by atoms with E-state index in [0.29, 0.717) is 5.92 Å². The van der Waals surface area contributed by atoms with Crippen LogP contribution >= 0.6 is 0 Å². The summed E-state index contributed by atoms with van der Waals surface area (Å²) >= 11 is 0. The van der Waals surface area contributed by atoms with Gasteiger partial charge in [0.2, 0.25) is 0 Å². The second kappa shape index (κ2) is 9.40. The lowest BCUT2D eigenvalue weighted by Gasteiger charge is -2.27. The first kappa shape index (κ1) is 23.1. The molecule has 1 fully saturated rings. The number of carbonyl (C=O) groups is 1. The van der Waals surface area contributed by atoms with Crippen molar-refractivity contribution in [2.24, 2.45) is 0 Å². The summed E-state index contributed by atoms with van der Waals surface area (Å²) in [6.45, 7) is 1.81. The Kier molecular flexibility index (Phi) is 6.37. The van der Waals surface area contributed by atoms with Crippen LogP contribution in [-0.2, 0) is 4.79 Å². The largest absolute Gasteiger partial charge is 0.490 e. The summed E-state index contributed by atoms with van der Waals surface area (Å²) in [4.78, 5) is 22.1. The molecule has 0 bridgehead atoms. The van der Waals surface area contributed by atoms with Gasteiger partial charge in [-0.25, -0.2) is 14.3 Å². The molecule has 5 rings (SSSR count). The molecule has 11 heteroatoms. The summed E-state index contributed by atoms with van der Waals surface area (Å²) in [5.74, 6) is -1.58. The van der Waals surface area contributed by atoms with Gasteiger partial charge >= 0.3 is 17.8 Å². The van der Waals surface area contributed by atoms with E-state index >= 15 is 0 Å². The van der Waals surface area contributed by atoms with E-state index in [-0.39, 0.29) is 5.69 Å². The highest BCUT2D eigenvalue weighted by Crippen LogP contribution is 2.28. The Labute approximate surface area is 191 Å². The molecule has 1 aliphatic rings. The Balaban J connectivity index is 0.000000344. The number of aromatic nitrogens is 4. The van der Waals surface area contributed by atoms with Crippen molar-refractivity contribution in [2.75, 3.05) is 13.1 Å². The van der Waals surface area contributed by atoms with Gasteiger partial charge in [0, 0.05) is 37.0 Å². The number of aliphatic carboxylic acids is 1. The van der Waals surface area contributed by atoms with Gasteiger partial charge in [-0.2, -0.15) is 18.3 Å². The lowest BCUT2D eigenvalue weighted by molar-refractivity contribution is -0.192. The van der Waals surface area contributed by atoms with Crippen LogP contribution in [0.1, 0.15) is 11.5 Å². The highest BCUT2D eigenvalue weighted by Gasteiger charge is 2.38. The number of nitrogens with zero attached hydrogens (tertiary/aromatic N) is 4. The van der Waals surface area contributed by atoms with Crippen molar-refractivity contribution in [3.05, 3.63) is 95.3 Å². The van der Waals surface area contributed by atoms with Crippen molar-refractivity contribution in [3.63, 3.8) is 0 Å². The second-order valence-electron chi connectivity index (χ2n) is 7.49. The monoisotopic (exact) mass is 471 g/mol. The number of hydrogen-bond acceptors (Lipinski definition) is 4. The van der Waals surface area contributed by atoms with Crippen molar-refractivity contribution in [2.45, 2.75) is 12.1 Å². The normalized spacial score (nSPS) is 13.6. The van der Waals surface area contributed by atoms with Gasteiger partial charge in [-0.3, -0.25) is 9.13 Å². The van der Waals surface area contributed by atoms with Gasteiger partial charge in [0.05, 0.1) is 17.6 Å². The standard InChI is InChI=1S/C21H19N5O.C2HF3O2/c27-21-24(17-7-3-1-4-8-17)11-12-25(21)20-19(16-13-22-14-16)15-23-26(20)18-9-5-2-6-10-18;3-2(4,5)1(6)7/h1-12,15-16,22H,13-14H2;(H,6,7). The first-order valence-corrected chi connectivity index (χ1v) is 10.3. The molecule has 176 valence electrons. The predicted octanol–water partition coefficient (Wildman–Crippen LogP) is 3.13. The van der Waals surface area contributed by atoms with Crippen LogP contribution in [0.2, 0.25) is 0 Å². The number of carboxylic acid groups (broad SMARTS) is 1. The van der Waals surface area contributed by atoms with Gasteiger partial charge in [0.1, 0.15) is 5.82 Å². The van der Waals surface area contributed by atoms with Crippen molar-refractivity contribution in [1.82, 2.24) is 24.2 Å². The highest BCUT2D eigenvalue weighted by molar-refractivity contribution is 5.73. The fourth-order valence-corrected chi connectivity index (χ4v) is 3.47. The molecular weight excluding hydrogens is 451 g/mol. The molecule has 4 aromatic rings. The zero-order valence-electron chi connectivity index (χ0n) is 17.7. The number of alkyl halides is 3. The molecule has 34 heavy (non-hydrogen) atoms. The Morgan fingerprint density at radius 2 is 1.47 bits per heavy atom. The summed E-state index contributed by atoms with van der Waals surface area (Å²) < 4.78 is 36.9. The Morgan fingerprint density at radius 3 is 1.97 bits per heavy atom. The van der Waals surface area contributed by atoms with Crippen LogP contribution in [0.4, 0.5) is 13.2 Å². The number of benzene rings is 2. The maximum atomic E-state index is 13.2. The molecule has 2 aromatic heterocycles. The van der Waals surface area contributed by atoms with Crippen LogP contribution in [0.3, 0.4) is 0 Å². The van der Waals surface area contributed by atoms with Crippen molar-refractivity contribution in [1.29, 1.82) is 0 Å². The number of halogens is 3. The molecule has 0 saturated carbocycles. The van der Waals surface area contributed by atoms with Gasteiger partial charge in [-0.15, -0.1) is 0 Å². The number of carboxylic acids is 1. The van der Waals surface area contributed by atoms with E-state index in [0.717, 1.165) is 35.8 Å². The maximum absolute atomic E-state index is 13.2. The molecule has 1 aliphatic heterocycles. The Bertz CT molecular complexity index is 1320. The molecule has 0 atom stereocenters. The third-order valence-corrected chi connectivity index (χ3v) is 5.28. The van der Waals surface area contributed by atoms with E-state index < -0.39 is 12.1 Å². The first-order valence-electron chi connectivity index (χ1n) is 10.3. The molecule has 2 N–H and O–H groups in total. The van der Waals surface area contributed by atoms with E-state index in [2.05, 4.69) is 10.4 Å². The molecule has 0 aliphatic carbocycles. The minimum absolute atomic E-state index is 0.104. The number of para-hydroxylation sites is 2. The van der Waals surface area contributed by atoms with Gasteiger partial charge < -0.3 is 10.4 Å². The van der Waals surface area contributed by atoms with Gasteiger partial charge in [-0.05, 0) is 24.3 Å². The molecule has 8 nitrogen and oxygen atoms in total. The quantitative estimate of drug-likeness (QED) is 0.477. The summed E-state index contributed by atoms with van der Waals surface area (Å²) in [6.07, 6.45) is 0.435. The van der Waals surface area contributed by atoms with Crippen LogP contribution < -0.4 is 11.0 Å². The van der Waals surface area contributed by atoms with E-state index in [1.54, 1.807) is 9.13 Å². The molecule has 0 radical (unpaired) electrons. The first-order chi connectivity index (χ1) is 16.3. The smallest absolute Gasteiger partial charge is 0.475 e. The molecular formula is C23H20F3N5O3. The van der Waals surface area contributed by atoms with Crippen molar-refractivity contribution < 1.29 is 23.1 Å².